The zero-order valence-corrected chi connectivity index (χ0v) is 20.3. The monoisotopic (exact) mass is 478 g/mol. The van der Waals surface area contributed by atoms with Crippen molar-refractivity contribution in [2.75, 3.05) is 31.1 Å². The molecule has 0 saturated carbocycles. The Hall–Kier alpha value is -2.93. The maximum absolute atomic E-state index is 6.50. The van der Waals surface area contributed by atoms with Gasteiger partial charge in [-0.25, -0.2) is 10.5 Å². The van der Waals surface area contributed by atoms with E-state index in [0.717, 1.165) is 48.3 Å². The van der Waals surface area contributed by atoms with Gasteiger partial charge in [0.05, 0.1) is 11.9 Å². The smallest absolute Gasteiger partial charge is 0.120 e. The lowest BCUT2D eigenvalue weighted by atomic mass is 10.0. The van der Waals surface area contributed by atoms with Crippen molar-refractivity contribution >= 4 is 17.3 Å². The molecule has 1 saturated heterocycles. The molecule has 2 aromatic carbocycles. The quantitative estimate of drug-likeness (QED) is 0.558. The van der Waals surface area contributed by atoms with E-state index >= 15 is 0 Å². The second-order valence-electron chi connectivity index (χ2n) is 9.30. The molecule has 0 aliphatic carbocycles. The minimum absolute atomic E-state index is 0.110. The van der Waals surface area contributed by atoms with Crippen molar-refractivity contribution in [2.24, 2.45) is 5.92 Å². The minimum atomic E-state index is 0.110. The molecule has 34 heavy (non-hydrogen) atoms. The van der Waals surface area contributed by atoms with Gasteiger partial charge in [0.15, 0.2) is 0 Å². The summed E-state index contributed by atoms with van der Waals surface area (Å²) in [5.74, 6) is 1.77. The van der Waals surface area contributed by atoms with Crippen LogP contribution in [0.25, 0.3) is 0 Å². The van der Waals surface area contributed by atoms with Crippen molar-refractivity contribution in [3.8, 4) is 5.75 Å². The first-order chi connectivity index (χ1) is 16.5. The van der Waals surface area contributed by atoms with Gasteiger partial charge >= 0.3 is 0 Å². The number of nitrogens with one attached hydrogen (secondary N) is 2. The topological polar surface area (TPSA) is 49.0 Å². The molecule has 178 valence electrons. The van der Waals surface area contributed by atoms with Crippen LogP contribution < -0.4 is 20.4 Å². The second kappa shape index (κ2) is 10.1. The van der Waals surface area contributed by atoms with Crippen molar-refractivity contribution in [3.63, 3.8) is 0 Å². The van der Waals surface area contributed by atoms with Crippen LogP contribution in [0.1, 0.15) is 25.3 Å². The van der Waals surface area contributed by atoms with Crippen molar-refractivity contribution in [1.29, 1.82) is 0 Å². The summed E-state index contributed by atoms with van der Waals surface area (Å²) >= 11 is 6.18. The largest absolute Gasteiger partial charge is 0.489 e. The Bertz CT molecular complexity index is 1100. The number of hydrogen-bond donors (Lipinski definition) is 2. The fourth-order valence-electron chi connectivity index (χ4n) is 4.55. The van der Waals surface area contributed by atoms with E-state index in [1.165, 1.54) is 11.1 Å². The van der Waals surface area contributed by atoms with Gasteiger partial charge < -0.3 is 15.0 Å². The highest BCUT2D eigenvalue weighted by molar-refractivity contribution is 6.30. The minimum Gasteiger partial charge on any atom is -0.489 e. The van der Waals surface area contributed by atoms with Crippen molar-refractivity contribution in [1.82, 2.24) is 15.9 Å². The molecule has 0 unspecified atom stereocenters. The molecule has 5 rings (SSSR count). The summed E-state index contributed by atoms with van der Waals surface area (Å²) in [6.45, 7) is 7.82. The van der Waals surface area contributed by atoms with Crippen molar-refractivity contribution in [2.45, 2.75) is 25.9 Å². The Morgan fingerprint density at radius 1 is 1.18 bits per heavy atom. The van der Waals surface area contributed by atoms with Gasteiger partial charge in [0.1, 0.15) is 11.9 Å². The summed E-state index contributed by atoms with van der Waals surface area (Å²) in [4.78, 5) is 7.72. The molecule has 2 atom stereocenters. The Morgan fingerprint density at radius 2 is 2.03 bits per heavy atom. The molecule has 3 aliphatic heterocycles. The third-order valence-corrected chi connectivity index (χ3v) is 6.73. The highest BCUT2D eigenvalue weighted by atomic mass is 35.5. The molecule has 0 aromatic heterocycles. The van der Waals surface area contributed by atoms with Crippen molar-refractivity contribution in [3.05, 3.63) is 94.9 Å². The molecule has 1 fully saturated rings. The molecule has 0 bridgehead atoms. The predicted octanol–water partition coefficient (Wildman–Crippen LogP) is 4.98. The average Bonchev–Trinajstić information content (AvgIpc) is 3.48. The zero-order valence-electron chi connectivity index (χ0n) is 19.6. The van der Waals surface area contributed by atoms with Crippen LogP contribution in [0.2, 0.25) is 5.02 Å². The van der Waals surface area contributed by atoms with E-state index in [9.17, 15) is 0 Å². The highest BCUT2D eigenvalue weighted by Gasteiger charge is 2.31. The molecule has 0 spiro atoms. The fourth-order valence-corrected chi connectivity index (χ4v) is 4.67. The van der Waals surface area contributed by atoms with Crippen LogP contribution in [0, 0.1) is 5.92 Å². The third-order valence-electron chi connectivity index (χ3n) is 6.48. The summed E-state index contributed by atoms with van der Waals surface area (Å²) in [7, 11) is 0. The van der Waals surface area contributed by atoms with Gasteiger partial charge in [0, 0.05) is 49.0 Å². The van der Waals surface area contributed by atoms with Gasteiger partial charge in [-0.05, 0) is 65.6 Å². The first-order valence-corrected chi connectivity index (χ1v) is 12.2. The van der Waals surface area contributed by atoms with Crippen LogP contribution in [0.15, 0.2) is 84.4 Å². The lowest BCUT2D eigenvalue weighted by Gasteiger charge is -2.31. The van der Waals surface area contributed by atoms with E-state index < -0.39 is 0 Å². The van der Waals surface area contributed by atoms with E-state index in [-0.39, 0.29) is 6.10 Å². The van der Waals surface area contributed by atoms with E-state index in [1.807, 2.05) is 24.5 Å². The van der Waals surface area contributed by atoms with Crippen molar-refractivity contribution < 1.29 is 9.68 Å². The normalized spacial score (nSPS) is 21.2. The summed E-state index contributed by atoms with van der Waals surface area (Å²) in [5.41, 5.74) is 7.42. The number of ether oxygens (including phenoxy) is 1. The molecule has 6 nitrogen and oxygen atoms in total. The first kappa shape index (κ1) is 22.8. The van der Waals surface area contributed by atoms with Crippen LogP contribution in [-0.4, -0.2) is 37.3 Å². The number of hydrogen-bond acceptors (Lipinski definition) is 6. The molecule has 0 amide bonds. The van der Waals surface area contributed by atoms with E-state index in [2.05, 4.69) is 78.1 Å². The molecule has 3 heterocycles. The lowest BCUT2D eigenvalue weighted by molar-refractivity contribution is -0.112. The standard InChI is InChI=1S/C27H31ClN4O2/c1-19(2)21-4-3-5-26(13-21)33-27-16-29-14-22(27)18-31(24-8-6-23(28)7-9-24)17-20-10-11-32-25(12-20)15-30-34-32/h3-13,15,19,22,27,29-30H,14,16-18H2,1-2H3/t22-,27+/m1/s1. The Balaban J connectivity index is 1.33. The number of halogens is 1. The SMILES string of the molecule is CC(C)c1cccc(O[C@H]2CNC[C@@H]2CN(CC2=CC3=CNON3C=C2)c2ccc(Cl)cc2)c1. The van der Waals surface area contributed by atoms with E-state index in [1.54, 1.807) is 5.06 Å². The maximum Gasteiger partial charge on any atom is 0.120 e. The molecular weight excluding hydrogens is 448 g/mol. The van der Waals surface area contributed by atoms with Gasteiger partial charge in [0.2, 0.25) is 0 Å². The first-order valence-electron chi connectivity index (χ1n) is 11.8. The van der Waals surface area contributed by atoms with Gasteiger partial charge in [-0.2, -0.15) is 4.94 Å². The van der Waals surface area contributed by atoms with Crippen LogP contribution >= 0.6 is 11.6 Å². The molecule has 2 aromatic rings. The van der Waals surface area contributed by atoms with Gasteiger partial charge in [-0.1, -0.05) is 37.6 Å². The van der Waals surface area contributed by atoms with Gasteiger partial charge in [0.25, 0.3) is 0 Å². The van der Waals surface area contributed by atoms with Crippen LogP contribution in [0.3, 0.4) is 0 Å². The number of anilines is 1. The lowest BCUT2D eigenvalue weighted by Crippen LogP contribution is -2.38. The predicted molar refractivity (Wildman–Crippen MR) is 136 cm³/mol. The third kappa shape index (κ3) is 5.25. The maximum atomic E-state index is 6.50. The Labute approximate surface area is 206 Å². The fraction of sp³-hybridized carbons (Fsp3) is 0.333. The van der Waals surface area contributed by atoms with Gasteiger partial charge in [-0.15, -0.1) is 0 Å². The molecule has 7 heteroatoms. The summed E-state index contributed by atoms with van der Waals surface area (Å²) in [6, 6.07) is 16.6. The highest BCUT2D eigenvalue weighted by Crippen LogP contribution is 2.28. The number of rotatable bonds is 8. The molecule has 0 radical (unpaired) electrons. The number of benzene rings is 2. The number of nitrogens with zero attached hydrogens (tertiary/aromatic N) is 2. The average molecular weight is 479 g/mol. The number of allylic oxidation sites excluding steroid dienone is 1. The Kier molecular flexibility index (Phi) is 6.81. The number of fused-ring (bicyclic) bond motifs is 1. The zero-order chi connectivity index (χ0) is 23.5. The summed E-state index contributed by atoms with van der Waals surface area (Å²) < 4.78 is 6.50. The van der Waals surface area contributed by atoms with E-state index in [4.69, 9.17) is 21.3 Å². The van der Waals surface area contributed by atoms with Crippen LogP contribution in [0.5, 0.6) is 5.75 Å². The summed E-state index contributed by atoms with van der Waals surface area (Å²) in [5, 5.41) is 5.99. The van der Waals surface area contributed by atoms with Crippen LogP contribution in [0.4, 0.5) is 5.69 Å². The summed E-state index contributed by atoms with van der Waals surface area (Å²) in [6.07, 6.45) is 8.13. The number of hydroxylamine groups is 3. The second-order valence-corrected chi connectivity index (χ2v) is 9.73. The van der Waals surface area contributed by atoms with Crippen LogP contribution in [-0.2, 0) is 4.94 Å². The molecule has 3 aliphatic rings. The van der Waals surface area contributed by atoms with E-state index in [0.29, 0.717) is 11.8 Å². The Morgan fingerprint density at radius 3 is 2.85 bits per heavy atom. The van der Waals surface area contributed by atoms with Gasteiger partial charge in [-0.3, -0.25) is 0 Å². The molecular formula is C27H31ClN4O2. The molecule has 2 N–H and O–H groups in total.